The maximum absolute atomic E-state index is 13.2. The number of hydrogen-bond donors (Lipinski definition) is 0. The molecule has 0 atom stereocenters. The van der Waals surface area contributed by atoms with Gasteiger partial charge in [-0.25, -0.2) is 0 Å². The smallest absolute Gasteiger partial charge is 0.268 e. The van der Waals surface area contributed by atoms with Gasteiger partial charge in [0.15, 0.2) is 17.3 Å². The highest BCUT2D eigenvalue weighted by Gasteiger charge is 2.22. The summed E-state index contributed by atoms with van der Waals surface area (Å²) < 4.78 is 17.4. The molecule has 1 amide bonds. The lowest BCUT2D eigenvalue weighted by Gasteiger charge is -2.17. The standard InChI is InChI=1S/C22H24N4O5/c1-13(2)9-19-23-18(24-31-19)11-25(4)21(27)20-14(3)7-8-26(22(20)28)15-5-6-16-17(10-15)30-12-29-16/h5-8,10,13H,9,11-12H2,1-4H3. The van der Waals surface area contributed by atoms with Crippen LogP contribution in [0, 0.1) is 12.8 Å². The van der Waals surface area contributed by atoms with E-state index in [2.05, 4.69) is 24.0 Å². The fraction of sp³-hybridized carbons (Fsp3) is 0.364. The molecular formula is C22H24N4O5. The van der Waals surface area contributed by atoms with E-state index in [1.54, 1.807) is 44.4 Å². The average Bonchev–Trinajstić information content (AvgIpc) is 3.36. The van der Waals surface area contributed by atoms with E-state index in [9.17, 15) is 9.59 Å². The number of rotatable bonds is 6. The van der Waals surface area contributed by atoms with Gasteiger partial charge in [-0.05, 0) is 36.6 Å². The van der Waals surface area contributed by atoms with Crippen LogP contribution in [0.2, 0.25) is 0 Å². The molecule has 1 aromatic carbocycles. The van der Waals surface area contributed by atoms with Crippen molar-refractivity contribution in [2.45, 2.75) is 33.7 Å². The lowest BCUT2D eigenvalue weighted by atomic mass is 10.1. The molecule has 1 aliphatic rings. The third-order valence-electron chi connectivity index (χ3n) is 4.97. The number of carbonyl (C=O) groups is 1. The van der Waals surface area contributed by atoms with Crippen LogP contribution in [0.4, 0.5) is 0 Å². The molecule has 9 heteroatoms. The molecule has 9 nitrogen and oxygen atoms in total. The van der Waals surface area contributed by atoms with Crippen molar-refractivity contribution in [1.29, 1.82) is 0 Å². The Morgan fingerprint density at radius 3 is 2.77 bits per heavy atom. The van der Waals surface area contributed by atoms with Crippen molar-refractivity contribution in [3.63, 3.8) is 0 Å². The minimum Gasteiger partial charge on any atom is -0.454 e. The van der Waals surface area contributed by atoms with Gasteiger partial charge in [-0.2, -0.15) is 4.98 Å². The van der Waals surface area contributed by atoms with Crippen LogP contribution < -0.4 is 15.0 Å². The number of hydrogen-bond acceptors (Lipinski definition) is 7. The second-order valence-electron chi connectivity index (χ2n) is 7.95. The van der Waals surface area contributed by atoms with Crippen LogP contribution in [-0.4, -0.2) is 39.4 Å². The summed E-state index contributed by atoms with van der Waals surface area (Å²) in [6.45, 7) is 6.14. The van der Waals surface area contributed by atoms with Crippen LogP contribution in [0.3, 0.4) is 0 Å². The Balaban J connectivity index is 1.60. The molecular weight excluding hydrogens is 400 g/mol. The highest BCUT2D eigenvalue weighted by Crippen LogP contribution is 2.33. The van der Waals surface area contributed by atoms with Crippen molar-refractivity contribution in [2.75, 3.05) is 13.8 Å². The van der Waals surface area contributed by atoms with Crippen LogP contribution in [0.5, 0.6) is 11.5 Å². The highest BCUT2D eigenvalue weighted by molar-refractivity contribution is 5.95. The molecule has 4 rings (SSSR count). The summed E-state index contributed by atoms with van der Waals surface area (Å²) in [6, 6.07) is 6.94. The predicted molar refractivity (Wildman–Crippen MR) is 112 cm³/mol. The molecule has 0 saturated carbocycles. The topological polar surface area (TPSA) is 99.7 Å². The van der Waals surface area contributed by atoms with Gasteiger partial charge in [-0.3, -0.25) is 14.2 Å². The Labute approximate surface area is 179 Å². The summed E-state index contributed by atoms with van der Waals surface area (Å²) in [5.41, 5.74) is 0.854. The van der Waals surface area contributed by atoms with Gasteiger partial charge < -0.3 is 18.9 Å². The van der Waals surface area contributed by atoms with E-state index in [4.69, 9.17) is 14.0 Å². The monoisotopic (exact) mass is 424 g/mol. The zero-order valence-corrected chi connectivity index (χ0v) is 17.9. The summed E-state index contributed by atoms with van der Waals surface area (Å²) in [6.07, 6.45) is 2.31. The zero-order chi connectivity index (χ0) is 22.1. The highest BCUT2D eigenvalue weighted by atomic mass is 16.7. The number of amides is 1. The molecule has 0 N–H and O–H groups in total. The van der Waals surface area contributed by atoms with Gasteiger partial charge in [0.2, 0.25) is 12.7 Å². The fourth-order valence-corrected chi connectivity index (χ4v) is 3.39. The van der Waals surface area contributed by atoms with E-state index in [1.165, 1.54) is 9.47 Å². The number of pyridine rings is 1. The van der Waals surface area contributed by atoms with Crippen molar-refractivity contribution in [3.8, 4) is 17.2 Å². The Bertz CT molecular complexity index is 1180. The molecule has 0 spiro atoms. The Hall–Kier alpha value is -3.62. The first-order chi connectivity index (χ1) is 14.8. The molecule has 0 radical (unpaired) electrons. The van der Waals surface area contributed by atoms with Crippen LogP contribution in [0.1, 0.15) is 41.5 Å². The lowest BCUT2D eigenvalue weighted by molar-refractivity contribution is 0.0777. The van der Waals surface area contributed by atoms with E-state index in [0.29, 0.717) is 46.8 Å². The number of benzene rings is 1. The number of nitrogens with zero attached hydrogens (tertiary/aromatic N) is 4. The van der Waals surface area contributed by atoms with E-state index >= 15 is 0 Å². The lowest BCUT2D eigenvalue weighted by Crippen LogP contribution is -2.34. The van der Waals surface area contributed by atoms with E-state index < -0.39 is 11.5 Å². The third kappa shape index (κ3) is 4.16. The summed E-state index contributed by atoms with van der Waals surface area (Å²) in [7, 11) is 1.61. The Kier molecular flexibility index (Phi) is 5.50. The molecule has 3 aromatic rings. The molecule has 31 heavy (non-hydrogen) atoms. The van der Waals surface area contributed by atoms with Gasteiger partial charge in [0.05, 0.1) is 12.2 Å². The first-order valence-electron chi connectivity index (χ1n) is 10.0. The molecule has 0 unspecified atom stereocenters. The maximum atomic E-state index is 13.2. The largest absolute Gasteiger partial charge is 0.454 e. The van der Waals surface area contributed by atoms with Gasteiger partial charge in [0, 0.05) is 25.7 Å². The molecule has 162 valence electrons. The quantitative estimate of drug-likeness (QED) is 0.600. The third-order valence-corrected chi connectivity index (χ3v) is 4.97. The molecule has 0 saturated heterocycles. The molecule has 0 fully saturated rings. The molecule has 1 aliphatic heterocycles. The van der Waals surface area contributed by atoms with E-state index in [0.717, 1.165) is 0 Å². The summed E-state index contributed by atoms with van der Waals surface area (Å²) >= 11 is 0. The number of fused-ring (bicyclic) bond motifs is 1. The van der Waals surface area contributed by atoms with Crippen molar-refractivity contribution < 1.29 is 18.8 Å². The molecule has 2 aromatic heterocycles. The Morgan fingerprint density at radius 1 is 1.23 bits per heavy atom. The second kappa shape index (κ2) is 8.25. The van der Waals surface area contributed by atoms with Gasteiger partial charge >= 0.3 is 0 Å². The van der Waals surface area contributed by atoms with Gasteiger partial charge in [0.25, 0.3) is 11.5 Å². The number of aromatic nitrogens is 3. The van der Waals surface area contributed by atoms with Crippen molar-refractivity contribution in [3.05, 3.63) is 63.7 Å². The van der Waals surface area contributed by atoms with Gasteiger partial charge in [0.1, 0.15) is 5.56 Å². The summed E-state index contributed by atoms with van der Waals surface area (Å²) in [5, 5.41) is 3.94. The van der Waals surface area contributed by atoms with Crippen LogP contribution >= 0.6 is 0 Å². The number of aryl methyl sites for hydroxylation is 1. The first-order valence-corrected chi connectivity index (χ1v) is 10.0. The molecule has 0 bridgehead atoms. The Morgan fingerprint density at radius 2 is 2.00 bits per heavy atom. The first kappa shape index (κ1) is 20.6. The van der Waals surface area contributed by atoms with Crippen LogP contribution in [-0.2, 0) is 13.0 Å². The predicted octanol–water partition coefficient (Wildman–Crippen LogP) is 2.73. The SMILES string of the molecule is Cc1ccn(-c2ccc3c(c2)OCO3)c(=O)c1C(=O)N(C)Cc1noc(CC(C)C)n1. The fourth-order valence-electron chi connectivity index (χ4n) is 3.39. The maximum Gasteiger partial charge on any atom is 0.268 e. The van der Waals surface area contributed by atoms with Gasteiger partial charge in [-0.1, -0.05) is 19.0 Å². The minimum absolute atomic E-state index is 0.0913. The summed E-state index contributed by atoms with van der Waals surface area (Å²) in [4.78, 5) is 32.1. The number of ether oxygens (including phenoxy) is 2. The van der Waals surface area contributed by atoms with Crippen molar-refractivity contribution in [2.24, 2.45) is 5.92 Å². The van der Waals surface area contributed by atoms with Crippen molar-refractivity contribution >= 4 is 5.91 Å². The second-order valence-corrected chi connectivity index (χ2v) is 7.95. The van der Waals surface area contributed by atoms with Gasteiger partial charge in [-0.15, -0.1) is 0 Å². The summed E-state index contributed by atoms with van der Waals surface area (Å²) in [5.74, 6) is 2.09. The van der Waals surface area contributed by atoms with Crippen LogP contribution in [0.25, 0.3) is 5.69 Å². The normalized spacial score (nSPS) is 12.4. The van der Waals surface area contributed by atoms with Crippen LogP contribution in [0.15, 0.2) is 39.8 Å². The molecule has 3 heterocycles. The van der Waals surface area contributed by atoms with Crippen molar-refractivity contribution in [1.82, 2.24) is 19.6 Å². The number of carbonyl (C=O) groups excluding carboxylic acids is 1. The zero-order valence-electron chi connectivity index (χ0n) is 17.9. The average molecular weight is 424 g/mol. The molecule has 0 aliphatic carbocycles. The minimum atomic E-state index is -0.413. The van der Waals surface area contributed by atoms with E-state index in [-0.39, 0.29) is 18.9 Å². The van der Waals surface area contributed by atoms with E-state index in [1.807, 2.05) is 0 Å².